The number of phenols is 1. The molecule has 1 amide bonds. The minimum atomic E-state index is -0.358. The number of methoxy groups -OCH3 is 3. The van der Waals surface area contributed by atoms with E-state index in [-0.39, 0.29) is 45.0 Å². The standard InChI is InChI=1S/C18H25BrN2O5/c1-5-8-21-9-6-7-11(21)10-20-18(23)12-15(24-2)13(19)14(22)17(26-4)16(12)25-3/h5,11,22H,1,6-10H2,2-4H3,(H,20,23)/t11-/m0/s1. The number of likely N-dealkylation sites (tertiary alicyclic amines) is 1. The van der Waals surface area contributed by atoms with Crippen LogP contribution in [-0.4, -0.2) is 62.9 Å². The van der Waals surface area contributed by atoms with Crippen LogP contribution in [0.3, 0.4) is 0 Å². The minimum absolute atomic E-state index is 0.0690. The zero-order valence-electron chi connectivity index (χ0n) is 15.3. The maximum Gasteiger partial charge on any atom is 0.259 e. The summed E-state index contributed by atoms with van der Waals surface area (Å²) in [5.41, 5.74) is 0.171. The third-order valence-electron chi connectivity index (χ3n) is 4.48. The van der Waals surface area contributed by atoms with Gasteiger partial charge in [-0.2, -0.15) is 0 Å². The van der Waals surface area contributed by atoms with Crippen LogP contribution in [0.25, 0.3) is 0 Å². The number of amides is 1. The summed E-state index contributed by atoms with van der Waals surface area (Å²) >= 11 is 3.25. The molecule has 8 heteroatoms. The highest BCUT2D eigenvalue weighted by Crippen LogP contribution is 2.50. The number of halogens is 1. The van der Waals surface area contributed by atoms with E-state index in [1.807, 2.05) is 6.08 Å². The Labute approximate surface area is 162 Å². The number of hydrogen-bond donors (Lipinski definition) is 2. The Morgan fingerprint density at radius 3 is 2.54 bits per heavy atom. The summed E-state index contributed by atoms with van der Waals surface area (Å²) in [5.74, 6) is -0.169. The first-order valence-electron chi connectivity index (χ1n) is 8.33. The van der Waals surface area contributed by atoms with Crippen molar-refractivity contribution in [3.63, 3.8) is 0 Å². The second kappa shape index (κ2) is 9.14. The number of benzene rings is 1. The largest absolute Gasteiger partial charge is 0.503 e. The first kappa shape index (κ1) is 20.4. The SMILES string of the molecule is C=CCN1CCC[C@H]1CNC(=O)c1c(OC)c(Br)c(O)c(OC)c1OC. The molecule has 1 aromatic carbocycles. The second-order valence-electron chi connectivity index (χ2n) is 5.93. The van der Waals surface area contributed by atoms with Gasteiger partial charge in [0.2, 0.25) is 5.75 Å². The maximum atomic E-state index is 12.9. The molecule has 1 atom stereocenters. The topological polar surface area (TPSA) is 80.3 Å². The molecule has 0 spiro atoms. The number of hydrogen-bond acceptors (Lipinski definition) is 6. The van der Waals surface area contributed by atoms with Crippen molar-refractivity contribution in [2.45, 2.75) is 18.9 Å². The van der Waals surface area contributed by atoms with Crippen molar-refractivity contribution in [2.24, 2.45) is 0 Å². The van der Waals surface area contributed by atoms with Gasteiger partial charge in [-0.05, 0) is 35.3 Å². The Bertz CT molecular complexity index is 680. The number of rotatable bonds is 8. The van der Waals surface area contributed by atoms with Crippen molar-refractivity contribution in [3.05, 3.63) is 22.7 Å². The molecule has 1 saturated heterocycles. The lowest BCUT2D eigenvalue weighted by molar-refractivity contribution is 0.0935. The van der Waals surface area contributed by atoms with Gasteiger partial charge in [-0.3, -0.25) is 9.69 Å². The smallest absolute Gasteiger partial charge is 0.259 e. The molecule has 0 bridgehead atoms. The zero-order valence-corrected chi connectivity index (χ0v) is 16.9. The lowest BCUT2D eigenvalue weighted by atomic mass is 10.1. The molecular weight excluding hydrogens is 404 g/mol. The molecule has 0 aliphatic carbocycles. The Balaban J connectivity index is 2.30. The lowest BCUT2D eigenvalue weighted by Gasteiger charge is -2.24. The average Bonchev–Trinajstić information content (AvgIpc) is 3.08. The molecule has 1 heterocycles. The van der Waals surface area contributed by atoms with Crippen LogP contribution in [0.4, 0.5) is 0 Å². The first-order valence-corrected chi connectivity index (χ1v) is 9.12. The third kappa shape index (κ3) is 3.91. The summed E-state index contributed by atoms with van der Waals surface area (Å²) in [4.78, 5) is 15.2. The van der Waals surface area contributed by atoms with Gasteiger partial charge in [-0.25, -0.2) is 0 Å². The maximum absolute atomic E-state index is 12.9. The van der Waals surface area contributed by atoms with Gasteiger partial charge in [-0.1, -0.05) is 6.08 Å². The van der Waals surface area contributed by atoms with E-state index in [1.54, 1.807) is 0 Å². The molecule has 26 heavy (non-hydrogen) atoms. The molecule has 7 nitrogen and oxygen atoms in total. The molecule has 2 N–H and O–H groups in total. The van der Waals surface area contributed by atoms with Crippen molar-refractivity contribution >= 4 is 21.8 Å². The average molecular weight is 429 g/mol. The predicted octanol–water partition coefficient (Wildman–Crippen LogP) is 2.56. The normalized spacial score (nSPS) is 17.0. The molecule has 144 valence electrons. The van der Waals surface area contributed by atoms with Gasteiger partial charge in [-0.15, -0.1) is 6.58 Å². The van der Waals surface area contributed by atoms with Gasteiger partial charge >= 0.3 is 0 Å². The molecule has 1 aliphatic rings. The monoisotopic (exact) mass is 428 g/mol. The van der Waals surface area contributed by atoms with E-state index < -0.39 is 0 Å². The first-order chi connectivity index (χ1) is 12.5. The van der Waals surface area contributed by atoms with Crippen LogP contribution in [0.1, 0.15) is 23.2 Å². The molecule has 1 aliphatic heterocycles. The molecule has 2 rings (SSSR count). The fraction of sp³-hybridized carbons (Fsp3) is 0.500. The Hall–Kier alpha value is -1.93. The lowest BCUT2D eigenvalue weighted by Crippen LogP contribution is -2.40. The number of carbonyl (C=O) groups excluding carboxylic acids is 1. The van der Waals surface area contributed by atoms with Crippen molar-refractivity contribution in [1.82, 2.24) is 10.2 Å². The van der Waals surface area contributed by atoms with E-state index in [9.17, 15) is 9.90 Å². The summed E-state index contributed by atoms with van der Waals surface area (Å²) in [6, 6.07) is 0.261. The van der Waals surface area contributed by atoms with Crippen LogP contribution in [0, 0.1) is 0 Å². The van der Waals surface area contributed by atoms with E-state index in [2.05, 4.69) is 32.7 Å². The van der Waals surface area contributed by atoms with Gasteiger partial charge in [0.05, 0.1) is 21.3 Å². The molecule has 0 unspecified atom stereocenters. The molecule has 1 fully saturated rings. The quantitative estimate of drug-likeness (QED) is 0.619. The van der Waals surface area contributed by atoms with E-state index in [1.165, 1.54) is 21.3 Å². The van der Waals surface area contributed by atoms with Crippen LogP contribution in [0.5, 0.6) is 23.0 Å². The van der Waals surface area contributed by atoms with Crippen LogP contribution in [-0.2, 0) is 0 Å². The van der Waals surface area contributed by atoms with Gasteiger partial charge in [0, 0.05) is 19.1 Å². The fourth-order valence-corrected chi connectivity index (χ4v) is 3.79. The van der Waals surface area contributed by atoms with Crippen molar-refractivity contribution < 1.29 is 24.1 Å². The summed E-state index contributed by atoms with van der Waals surface area (Å²) in [6.07, 6.45) is 3.98. The molecular formula is C18H25BrN2O5. The Morgan fingerprint density at radius 1 is 1.31 bits per heavy atom. The summed E-state index contributed by atoms with van der Waals surface area (Å²) in [5, 5.41) is 13.2. The van der Waals surface area contributed by atoms with Crippen LogP contribution < -0.4 is 19.5 Å². The molecule has 0 radical (unpaired) electrons. The van der Waals surface area contributed by atoms with E-state index in [0.29, 0.717) is 6.54 Å². The fourth-order valence-electron chi connectivity index (χ4n) is 3.25. The summed E-state index contributed by atoms with van der Waals surface area (Å²) in [6.45, 7) is 6.07. The number of nitrogens with zero attached hydrogens (tertiary/aromatic N) is 1. The highest BCUT2D eigenvalue weighted by molar-refractivity contribution is 9.10. The van der Waals surface area contributed by atoms with Crippen molar-refractivity contribution in [2.75, 3.05) is 41.0 Å². The van der Waals surface area contributed by atoms with Gasteiger partial charge in [0.1, 0.15) is 10.0 Å². The van der Waals surface area contributed by atoms with Gasteiger partial charge in [0.25, 0.3) is 5.91 Å². The van der Waals surface area contributed by atoms with Gasteiger partial charge in [0.15, 0.2) is 17.2 Å². The van der Waals surface area contributed by atoms with E-state index >= 15 is 0 Å². The van der Waals surface area contributed by atoms with Crippen molar-refractivity contribution in [3.8, 4) is 23.0 Å². The second-order valence-corrected chi connectivity index (χ2v) is 6.72. The van der Waals surface area contributed by atoms with E-state index in [0.717, 1.165) is 25.9 Å². The Kier molecular flexibility index (Phi) is 7.16. The Morgan fingerprint density at radius 2 is 1.96 bits per heavy atom. The highest BCUT2D eigenvalue weighted by atomic mass is 79.9. The number of phenolic OH excluding ortho intramolecular Hbond substituents is 1. The third-order valence-corrected chi connectivity index (χ3v) is 5.22. The summed E-state index contributed by atoms with van der Waals surface area (Å²) in [7, 11) is 4.22. The molecule has 0 aromatic heterocycles. The molecule has 1 aromatic rings. The number of aromatic hydroxyl groups is 1. The number of carbonyl (C=O) groups is 1. The number of nitrogens with one attached hydrogen (secondary N) is 1. The van der Waals surface area contributed by atoms with Crippen molar-refractivity contribution in [1.29, 1.82) is 0 Å². The zero-order chi connectivity index (χ0) is 19.3. The predicted molar refractivity (Wildman–Crippen MR) is 103 cm³/mol. The summed E-state index contributed by atoms with van der Waals surface area (Å²) < 4.78 is 16.1. The van der Waals surface area contributed by atoms with Crippen LogP contribution in [0.15, 0.2) is 17.1 Å². The minimum Gasteiger partial charge on any atom is -0.503 e. The number of ether oxygens (including phenoxy) is 3. The van der Waals surface area contributed by atoms with Gasteiger partial charge < -0.3 is 24.6 Å². The van der Waals surface area contributed by atoms with E-state index in [4.69, 9.17) is 14.2 Å². The molecule has 0 saturated carbocycles. The highest BCUT2D eigenvalue weighted by Gasteiger charge is 2.30. The van der Waals surface area contributed by atoms with Crippen LogP contribution >= 0.6 is 15.9 Å². The van der Waals surface area contributed by atoms with Crippen LogP contribution in [0.2, 0.25) is 0 Å².